The molecule has 1 aromatic carbocycles. The monoisotopic (exact) mass is 397 g/mol. The second-order valence-corrected chi connectivity index (χ2v) is 6.46. The Morgan fingerprint density at radius 2 is 2.17 bits per heavy atom. The van der Waals surface area contributed by atoms with Gasteiger partial charge in [0.25, 0.3) is 0 Å². The zero-order valence-electron chi connectivity index (χ0n) is 15.6. The van der Waals surface area contributed by atoms with E-state index < -0.39 is 0 Å². The molecule has 8 nitrogen and oxygen atoms in total. The molecule has 146 valence electrons. The molecule has 2 N–H and O–H groups in total. The van der Waals surface area contributed by atoms with E-state index in [2.05, 4.69) is 31.8 Å². The van der Waals surface area contributed by atoms with E-state index in [1.165, 1.54) is 12.3 Å². The summed E-state index contributed by atoms with van der Waals surface area (Å²) >= 11 is 0. The Hall–Kier alpha value is -4.46. The second kappa shape index (κ2) is 7.17. The minimum atomic E-state index is -0.300. The molecule has 4 heterocycles. The highest BCUT2D eigenvalue weighted by atomic mass is 16.5. The van der Waals surface area contributed by atoms with Gasteiger partial charge in [0.2, 0.25) is 11.8 Å². The first-order chi connectivity index (χ1) is 14.7. The van der Waals surface area contributed by atoms with E-state index in [0.29, 0.717) is 34.2 Å². The molecular weight excluding hydrogens is 382 g/mol. The van der Waals surface area contributed by atoms with Crippen LogP contribution < -0.4 is 10.1 Å². The summed E-state index contributed by atoms with van der Waals surface area (Å²) in [5.74, 6) is 1.18. The van der Waals surface area contributed by atoms with Gasteiger partial charge < -0.3 is 19.5 Å². The van der Waals surface area contributed by atoms with Crippen LogP contribution in [-0.4, -0.2) is 25.8 Å². The lowest BCUT2D eigenvalue weighted by Gasteiger charge is -2.07. The fourth-order valence-corrected chi connectivity index (χ4v) is 3.08. The lowest BCUT2D eigenvalue weighted by Crippen LogP contribution is -2.07. The number of amides is 1. The first kappa shape index (κ1) is 17.6. The normalized spacial score (nSPS) is 10.9. The highest BCUT2D eigenvalue weighted by Crippen LogP contribution is 2.32. The van der Waals surface area contributed by atoms with Crippen LogP contribution in [0.15, 0.2) is 78.3 Å². The van der Waals surface area contributed by atoms with E-state index in [-0.39, 0.29) is 5.91 Å². The van der Waals surface area contributed by atoms with Crippen LogP contribution in [0.4, 0.5) is 5.69 Å². The molecule has 0 aliphatic heterocycles. The Bertz CT molecular complexity index is 1370. The first-order valence-electron chi connectivity index (χ1n) is 9.09. The van der Waals surface area contributed by atoms with E-state index in [0.717, 1.165) is 16.5 Å². The van der Waals surface area contributed by atoms with Crippen molar-refractivity contribution in [2.45, 2.75) is 0 Å². The summed E-state index contributed by atoms with van der Waals surface area (Å²) < 4.78 is 11.8. The summed E-state index contributed by atoms with van der Waals surface area (Å²) in [6.07, 6.45) is 7.96. The number of rotatable bonds is 5. The Balaban J connectivity index is 1.48. The van der Waals surface area contributed by atoms with Gasteiger partial charge in [-0.1, -0.05) is 12.6 Å². The highest BCUT2D eigenvalue weighted by molar-refractivity contribution is 5.99. The number of hydrogen-bond donors (Lipinski definition) is 2. The Kier molecular flexibility index (Phi) is 4.21. The second-order valence-electron chi connectivity index (χ2n) is 6.46. The van der Waals surface area contributed by atoms with Crippen molar-refractivity contribution >= 4 is 33.7 Å². The molecule has 4 aromatic heterocycles. The number of furan rings is 1. The summed E-state index contributed by atoms with van der Waals surface area (Å²) in [5.41, 5.74) is 3.34. The zero-order valence-corrected chi connectivity index (χ0v) is 15.6. The Morgan fingerprint density at radius 3 is 3.03 bits per heavy atom. The van der Waals surface area contributed by atoms with Crippen LogP contribution in [0.1, 0.15) is 0 Å². The summed E-state index contributed by atoms with van der Waals surface area (Å²) in [6, 6.07) is 10.7. The van der Waals surface area contributed by atoms with Crippen LogP contribution in [0.5, 0.6) is 11.6 Å². The number of H-pyrrole nitrogens is 1. The molecule has 0 atom stereocenters. The van der Waals surface area contributed by atoms with Gasteiger partial charge in [-0.25, -0.2) is 9.97 Å². The molecular formula is C22H15N5O3. The average molecular weight is 397 g/mol. The average Bonchev–Trinajstić information content (AvgIpc) is 3.37. The van der Waals surface area contributed by atoms with Gasteiger partial charge in [-0.2, -0.15) is 0 Å². The molecule has 0 bridgehead atoms. The summed E-state index contributed by atoms with van der Waals surface area (Å²) in [5, 5.41) is 3.59. The third kappa shape index (κ3) is 3.26. The standard InChI is InChI=1S/C22H15N5O3/c1-2-19(28)26-14-4-3-5-15(9-14)29-20-12-25-22-21(27-20)16(11-24-22)18-8-13-10-23-7-6-17(13)30-18/h2-12H,1H2,(H,24,25)(H,26,28). The molecule has 0 fully saturated rings. The molecule has 0 saturated carbocycles. The number of aromatic amines is 1. The van der Waals surface area contributed by atoms with E-state index in [9.17, 15) is 4.79 Å². The first-order valence-corrected chi connectivity index (χ1v) is 9.09. The number of hydrogen-bond acceptors (Lipinski definition) is 6. The SMILES string of the molecule is C=CC(=O)Nc1cccc(Oc2cnc3[nH]cc(-c4cc5cnccc5o4)c3n2)c1. The maximum absolute atomic E-state index is 11.5. The lowest BCUT2D eigenvalue weighted by atomic mass is 10.2. The van der Waals surface area contributed by atoms with Gasteiger partial charge in [-0.05, 0) is 30.3 Å². The van der Waals surface area contributed by atoms with Crippen molar-refractivity contribution in [1.29, 1.82) is 0 Å². The number of ether oxygens (including phenoxy) is 1. The molecule has 0 spiro atoms. The lowest BCUT2D eigenvalue weighted by molar-refractivity contribution is -0.111. The van der Waals surface area contributed by atoms with Crippen molar-refractivity contribution in [2.75, 3.05) is 5.32 Å². The predicted octanol–water partition coefficient (Wildman–Crippen LogP) is 4.68. The third-order valence-electron chi connectivity index (χ3n) is 4.45. The number of aromatic nitrogens is 4. The van der Waals surface area contributed by atoms with Crippen molar-refractivity contribution in [3.63, 3.8) is 0 Å². The largest absolute Gasteiger partial charge is 0.456 e. The Morgan fingerprint density at radius 1 is 1.23 bits per heavy atom. The fraction of sp³-hybridized carbons (Fsp3) is 0. The predicted molar refractivity (Wildman–Crippen MR) is 112 cm³/mol. The summed E-state index contributed by atoms with van der Waals surface area (Å²) in [6.45, 7) is 3.44. The third-order valence-corrected chi connectivity index (χ3v) is 4.45. The number of fused-ring (bicyclic) bond motifs is 2. The molecule has 0 aliphatic carbocycles. The van der Waals surface area contributed by atoms with Crippen LogP contribution in [-0.2, 0) is 4.79 Å². The van der Waals surface area contributed by atoms with Gasteiger partial charge in [0.15, 0.2) is 5.65 Å². The molecule has 5 aromatic rings. The number of carbonyl (C=O) groups is 1. The van der Waals surface area contributed by atoms with Gasteiger partial charge in [-0.3, -0.25) is 9.78 Å². The van der Waals surface area contributed by atoms with Crippen LogP contribution >= 0.6 is 0 Å². The quantitative estimate of drug-likeness (QED) is 0.417. The highest BCUT2D eigenvalue weighted by Gasteiger charge is 2.15. The molecule has 5 rings (SSSR count). The molecule has 0 saturated heterocycles. The van der Waals surface area contributed by atoms with Gasteiger partial charge in [0.05, 0.1) is 11.8 Å². The van der Waals surface area contributed by atoms with E-state index in [4.69, 9.17) is 9.15 Å². The summed E-state index contributed by atoms with van der Waals surface area (Å²) in [7, 11) is 0. The number of carbonyl (C=O) groups excluding carboxylic acids is 1. The van der Waals surface area contributed by atoms with Crippen molar-refractivity contribution < 1.29 is 13.9 Å². The number of nitrogens with one attached hydrogen (secondary N) is 2. The van der Waals surface area contributed by atoms with Crippen molar-refractivity contribution in [2.24, 2.45) is 0 Å². The van der Waals surface area contributed by atoms with Crippen LogP contribution in [0, 0.1) is 0 Å². The number of benzene rings is 1. The fourth-order valence-electron chi connectivity index (χ4n) is 3.08. The van der Waals surface area contributed by atoms with Crippen LogP contribution in [0.25, 0.3) is 33.5 Å². The topological polar surface area (TPSA) is 106 Å². The van der Waals surface area contributed by atoms with Gasteiger partial charge in [0, 0.05) is 35.7 Å². The number of pyridine rings is 1. The van der Waals surface area contributed by atoms with Crippen molar-refractivity contribution in [1.82, 2.24) is 19.9 Å². The van der Waals surface area contributed by atoms with E-state index in [1.807, 2.05) is 12.1 Å². The molecule has 1 amide bonds. The molecule has 8 heteroatoms. The molecule has 0 unspecified atom stereocenters. The van der Waals surface area contributed by atoms with E-state index >= 15 is 0 Å². The Labute approximate surface area is 170 Å². The van der Waals surface area contributed by atoms with Crippen LogP contribution in [0.2, 0.25) is 0 Å². The van der Waals surface area contributed by atoms with Gasteiger partial charge >= 0.3 is 0 Å². The van der Waals surface area contributed by atoms with Gasteiger partial charge in [-0.15, -0.1) is 0 Å². The number of anilines is 1. The maximum atomic E-state index is 11.5. The van der Waals surface area contributed by atoms with Crippen molar-refractivity contribution in [3.8, 4) is 23.0 Å². The van der Waals surface area contributed by atoms with E-state index in [1.54, 1.807) is 42.9 Å². The van der Waals surface area contributed by atoms with Gasteiger partial charge in [0.1, 0.15) is 22.6 Å². The van der Waals surface area contributed by atoms with Crippen molar-refractivity contribution in [3.05, 3.63) is 73.8 Å². The minimum absolute atomic E-state index is 0.300. The molecule has 30 heavy (non-hydrogen) atoms. The smallest absolute Gasteiger partial charge is 0.247 e. The zero-order chi connectivity index (χ0) is 20.5. The maximum Gasteiger partial charge on any atom is 0.247 e. The summed E-state index contributed by atoms with van der Waals surface area (Å²) in [4.78, 5) is 27.7. The van der Waals surface area contributed by atoms with Crippen LogP contribution in [0.3, 0.4) is 0 Å². The number of nitrogens with zero attached hydrogens (tertiary/aromatic N) is 3. The molecule has 0 aliphatic rings. The minimum Gasteiger partial charge on any atom is -0.456 e. The molecule has 0 radical (unpaired) electrons.